The minimum absolute atomic E-state index is 0.0305. The fourth-order valence-electron chi connectivity index (χ4n) is 4.91. The summed E-state index contributed by atoms with van der Waals surface area (Å²) in [5, 5.41) is 0. The number of fused-ring (bicyclic) bond motifs is 2. The highest BCUT2D eigenvalue weighted by Gasteiger charge is 2.46. The Morgan fingerprint density at radius 3 is 2.26 bits per heavy atom. The molecule has 2 aromatic rings. The summed E-state index contributed by atoms with van der Waals surface area (Å²) < 4.78 is 45.2. The molecule has 1 amide bonds. The van der Waals surface area contributed by atoms with Crippen LogP contribution in [0.15, 0.2) is 48.5 Å². The van der Waals surface area contributed by atoms with Crippen LogP contribution in [0, 0.1) is 12.8 Å². The number of alkyl halides is 3. The average Bonchev–Trinajstić information content (AvgIpc) is 3.01. The molecule has 2 saturated heterocycles. The van der Waals surface area contributed by atoms with E-state index in [2.05, 4.69) is 0 Å². The van der Waals surface area contributed by atoms with Gasteiger partial charge in [-0.25, -0.2) is 4.79 Å². The quantitative estimate of drug-likeness (QED) is 0.577. The van der Waals surface area contributed by atoms with E-state index in [0.717, 1.165) is 24.5 Å². The van der Waals surface area contributed by atoms with Gasteiger partial charge in [0.25, 0.3) is 0 Å². The van der Waals surface area contributed by atoms with E-state index in [-0.39, 0.29) is 35.6 Å². The van der Waals surface area contributed by atoms with Gasteiger partial charge in [0.15, 0.2) is 5.78 Å². The maximum atomic E-state index is 13.2. The maximum Gasteiger partial charge on any atom is 0.416 e. The minimum Gasteiger partial charge on any atom is -0.445 e. The molecule has 2 heterocycles. The van der Waals surface area contributed by atoms with E-state index >= 15 is 0 Å². The molecular weight excluding hydrogens is 407 g/mol. The molecule has 164 valence electrons. The van der Waals surface area contributed by atoms with Gasteiger partial charge in [-0.1, -0.05) is 42.5 Å². The Morgan fingerprint density at radius 2 is 1.65 bits per heavy atom. The number of carbonyl (C=O) groups is 2. The second-order valence-corrected chi connectivity index (χ2v) is 8.34. The maximum absolute atomic E-state index is 13.2. The number of amides is 1. The van der Waals surface area contributed by atoms with E-state index < -0.39 is 23.8 Å². The zero-order chi connectivity index (χ0) is 22.2. The van der Waals surface area contributed by atoms with Crippen molar-refractivity contribution in [2.75, 3.05) is 0 Å². The number of nitrogens with zero attached hydrogens (tertiary/aromatic N) is 1. The molecule has 2 aliphatic heterocycles. The second kappa shape index (κ2) is 8.36. The van der Waals surface area contributed by atoms with Gasteiger partial charge in [-0.2, -0.15) is 13.2 Å². The molecule has 0 spiro atoms. The first kappa shape index (κ1) is 21.4. The molecule has 0 aliphatic carbocycles. The third-order valence-electron chi connectivity index (χ3n) is 6.42. The third-order valence-corrected chi connectivity index (χ3v) is 6.42. The van der Waals surface area contributed by atoms with E-state index in [1.165, 1.54) is 19.1 Å². The molecule has 2 aromatic carbocycles. The number of Topliss-reactive ketones (excluding diaryl/α,β-unsaturated/α-hetero) is 1. The fourth-order valence-corrected chi connectivity index (χ4v) is 4.91. The summed E-state index contributed by atoms with van der Waals surface area (Å²) in [7, 11) is 0. The fraction of sp³-hybridized carbons (Fsp3) is 0.417. The molecule has 0 N–H and O–H groups in total. The lowest BCUT2D eigenvalue weighted by molar-refractivity contribution is -0.138. The van der Waals surface area contributed by atoms with Crippen LogP contribution in [-0.4, -0.2) is 28.9 Å². The number of carbonyl (C=O) groups excluding carboxylic acids is 2. The molecule has 2 fully saturated rings. The summed E-state index contributed by atoms with van der Waals surface area (Å²) in [5.41, 5.74) is 0.216. The topological polar surface area (TPSA) is 46.6 Å². The smallest absolute Gasteiger partial charge is 0.416 e. The van der Waals surface area contributed by atoms with Crippen molar-refractivity contribution in [3.8, 4) is 0 Å². The first-order valence-electron chi connectivity index (χ1n) is 10.5. The van der Waals surface area contributed by atoms with Crippen LogP contribution < -0.4 is 0 Å². The number of piperidine rings is 1. The van der Waals surface area contributed by atoms with Gasteiger partial charge in [0.05, 0.1) is 5.56 Å². The predicted octanol–water partition coefficient (Wildman–Crippen LogP) is 5.78. The van der Waals surface area contributed by atoms with Gasteiger partial charge >= 0.3 is 12.3 Å². The van der Waals surface area contributed by atoms with Crippen molar-refractivity contribution in [2.45, 2.75) is 57.5 Å². The summed E-state index contributed by atoms with van der Waals surface area (Å²) in [5.74, 6) is -0.657. The number of benzene rings is 2. The van der Waals surface area contributed by atoms with Gasteiger partial charge in [0.1, 0.15) is 6.61 Å². The van der Waals surface area contributed by atoms with Crippen LogP contribution in [-0.2, 0) is 17.5 Å². The van der Waals surface area contributed by atoms with Crippen molar-refractivity contribution in [3.05, 3.63) is 70.8 Å². The number of ether oxygens (including phenoxy) is 1. The van der Waals surface area contributed by atoms with Crippen LogP contribution in [0.5, 0.6) is 0 Å². The Balaban J connectivity index is 1.44. The summed E-state index contributed by atoms with van der Waals surface area (Å²) in [6.45, 7) is 1.53. The van der Waals surface area contributed by atoms with Crippen molar-refractivity contribution in [1.82, 2.24) is 4.90 Å². The summed E-state index contributed by atoms with van der Waals surface area (Å²) in [6.07, 6.45) is -2.44. The van der Waals surface area contributed by atoms with Crippen LogP contribution in [0.4, 0.5) is 18.0 Å². The Labute approximate surface area is 179 Å². The SMILES string of the molecule is Cc1c(C(=O)C2CC3CCC(C2)N3C(=O)OCc2ccccc2)cccc1C(F)(F)F. The van der Waals surface area contributed by atoms with Crippen molar-refractivity contribution >= 4 is 11.9 Å². The molecule has 0 radical (unpaired) electrons. The van der Waals surface area contributed by atoms with Crippen molar-refractivity contribution in [2.24, 2.45) is 5.92 Å². The monoisotopic (exact) mass is 431 g/mol. The minimum atomic E-state index is -4.49. The van der Waals surface area contributed by atoms with Gasteiger partial charge < -0.3 is 9.64 Å². The number of ketones is 1. The summed E-state index contributed by atoms with van der Waals surface area (Å²) >= 11 is 0. The Morgan fingerprint density at radius 1 is 1.00 bits per heavy atom. The lowest BCUT2D eigenvalue weighted by atomic mass is 9.83. The normalized spacial score (nSPS) is 23.0. The van der Waals surface area contributed by atoms with Gasteiger partial charge in [0, 0.05) is 23.6 Å². The molecule has 4 nitrogen and oxygen atoms in total. The highest BCUT2D eigenvalue weighted by atomic mass is 19.4. The van der Waals surface area contributed by atoms with Crippen LogP contribution in [0.25, 0.3) is 0 Å². The second-order valence-electron chi connectivity index (χ2n) is 8.34. The molecule has 2 bridgehead atoms. The molecule has 0 aromatic heterocycles. The predicted molar refractivity (Wildman–Crippen MR) is 109 cm³/mol. The Kier molecular flexibility index (Phi) is 5.77. The molecule has 0 saturated carbocycles. The highest BCUT2D eigenvalue weighted by molar-refractivity contribution is 5.99. The molecule has 2 unspecified atom stereocenters. The van der Waals surface area contributed by atoms with Crippen LogP contribution >= 0.6 is 0 Å². The number of rotatable bonds is 4. The van der Waals surface area contributed by atoms with E-state index in [1.54, 1.807) is 4.90 Å². The van der Waals surface area contributed by atoms with Gasteiger partial charge in [-0.05, 0) is 49.8 Å². The molecule has 7 heteroatoms. The lowest BCUT2D eigenvalue weighted by Gasteiger charge is -2.37. The van der Waals surface area contributed by atoms with Crippen molar-refractivity contribution in [1.29, 1.82) is 0 Å². The van der Waals surface area contributed by atoms with E-state index in [0.29, 0.717) is 12.8 Å². The molecule has 2 aliphatic rings. The molecule has 4 rings (SSSR count). The molecule has 2 atom stereocenters. The van der Waals surface area contributed by atoms with Crippen molar-refractivity contribution < 1.29 is 27.5 Å². The number of hydrogen-bond acceptors (Lipinski definition) is 3. The Bertz CT molecular complexity index is 960. The van der Waals surface area contributed by atoms with E-state index in [4.69, 9.17) is 4.74 Å². The lowest BCUT2D eigenvalue weighted by Crippen LogP contribution is -2.48. The standard InChI is InChI=1S/C24H24F3NO3/c1-15-20(8-5-9-21(15)24(25,26)27)22(29)17-12-18-10-11-19(13-17)28(18)23(30)31-14-16-6-3-2-4-7-16/h2-9,17-19H,10-14H2,1H3. The average molecular weight is 431 g/mol. The van der Waals surface area contributed by atoms with E-state index in [1.807, 2.05) is 30.3 Å². The van der Waals surface area contributed by atoms with Crippen LogP contribution in [0.3, 0.4) is 0 Å². The number of hydrogen-bond donors (Lipinski definition) is 0. The summed E-state index contributed by atoms with van der Waals surface area (Å²) in [6, 6.07) is 12.9. The van der Waals surface area contributed by atoms with Crippen LogP contribution in [0.1, 0.15) is 52.7 Å². The zero-order valence-corrected chi connectivity index (χ0v) is 17.2. The molecular formula is C24H24F3NO3. The highest BCUT2D eigenvalue weighted by Crippen LogP contribution is 2.41. The van der Waals surface area contributed by atoms with E-state index in [9.17, 15) is 22.8 Å². The molecule has 31 heavy (non-hydrogen) atoms. The van der Waals surface area contributed by atoms with Gasteiger partial charge in [0.2, 0.25) is 0 Å². The third kappa shape index (κ3) is 4.31. The van der Waals surface area contributed by atoms with Gasteiger partial charge in [-0.15, -0.1) is 0 Å². The summed E-state index contributed by atoms with van der Waals surface area (Å²) in [4.78, 5) is 27.5. The van der Waals surface area contributed by atoms with Crippen LogP contribution in [0.2, 0.25) is 0 Å². The number of halogens is 3. The zero-order valence-electron chi connectivity index (χ0n) is 17.2. The largest absolute Gasteiger partial charge is 0.445 e. The Hall–Kier alpha value is -2.83. The van der Waals surface area contributed by atoms with Gasteiger partial charge in [-0.3, -0.25) is 4.79 Å². The van der Waals surface area contributed by atoms with Crippen molar-refractivity contribution in [3.63, 3.8) is 0 Å². The first-order chi connectivity index (χ1) is 14.8. The first-order valence-corrected chi connectivity index (χ1v) is 10.5.